The molecule has 0 spiro atoms. The highest BCUT2D eigenvalue weighted by molar-refractivity contribution is 5.95. The SMILES string of the molecule is CCOc1ccc(NC(=O)CC2OC3CN(C(=O)OC(C)(C)C)CC3N(CCc3c[nH]c4ccccc34)C2=O)cc1. The Morgan fingerprint density at radius 2 is 1.85 bits per heavy atom. The van der Waals surface area contributed by atoms with Crippen molar-refractivity contribution in [1.29, 1.82) is 0 Å². The lowest BCUT2D eigenvalue weighted by molar-refractivity contribution is -0.168. The first-order valence-corrected chi connectivity index (χ1v) is 14.1. The summed E-state index contributed by atoms with van der Waals surface area (Å²) < 4.78 is 17.2. The van der Waals surface area contributed by atoms with Gasteiger partial charge in [-0.2, -0.15) is 0 Å². The average molecular weight is 563 g/mol. The van der Waals surface area contributed by atoms with E-state index in [9.17, 15) is 14.4 Å². The van der Waals surface area contributed by atoms with E-state index in [1.807, 2.05) is 52.1 Å². The number of ether oxygens (including phenoxy) is 3. The van der Waals surface area contributed by atoms with Crippen LogP contribution in [0, 0.1) is 0 Å². The standard InChI is InChI=1S/C31H38N4O6/c1-5-39-22-12-10-21(11-13-22)33-28(36)16-26-29(37)35(15-14-20-17-32-24-9-7-6-8-23(20)24)25-18-34(19-27(25)40-26)30(38)41-31(2,3)4/h6-13,17,25-27,32H,5,14-16,18-19H2,1-4H3,(H,33,36). The summed E-state index contributed by atoms with van der Waals surface area (Å²) >= 11 is 0. The highest BCUT2D eigenvalue weighted by Gasteiger charge is 2.49. The van der Waals surface area contributed by atoms with Gasteiger partial charge in [-0.05, 0) is 70.0 Å². The van der Waals surface area contributed by atoms with E-state index >= 15 is 0 Å². The van der Waals surface area contributed by atoms with E-state index < -0.39 is 23.9 Å². The van der Waals surface area contributed by atoms with Gasteiger partial charge < -0.3 is 34.3 Å². The van der Waals surface area contributed by atoms with Gasteiger partial charge in [-0.15, -0.1) is 0 Å². The van der Waals surface area contributed by atoms with E-state index in [0.29, 0.717) is 37.6 Å². The number of benzene rings is 2. The topological polar surface area (TPSA) is 113 Å². The third kappa shape index (κ3) is 6.65. The highest BCUT2D eigenvalue weighted by Crippen LogP contribution is 2.30. The van der Waals surface area contributed by atoms with Crippen LogP contribution in [0.15, 0.2) is 54.7 Å². The Hall–Kier alpha value is -4.05. The number of anilines is 1. The first kappa shape index (κ1) is 28.5. The van der Waals surface area contributed by atoms with Crippen LogP contribution in [-0.4, -0.2) is 82.8 Å². The Bertz CT molecular complexity index is 1400. The smallest absolute Gasteiger partial charge is 0.410 e. The predicted octanol–water partition coefficient (Wildman–Crippen LogP) is 4.35. The minimum atomic E-state index is -0.958. The van der Waals surface area contributed by atoms with Crippen LogP contribution in [0.3, 0.4) is 0 Å². The molecule has 2 fully saturated rings. The van der Waals surface area contributed by atoms with Crippen LogP contribution in [-0.2, 0) is 25.5 Å². The molecule has 2 aliphatic heterocycles. The quantitative estimate of drug-likeness (QED) is 0.422. The molecular weight excluding hydrogens is 524 g/mol. The molecule has 1 aromatic heterocycles. The van der Waals surface area contributed by atoms with Crippen molar-refractivity contribution in [3.8, 4) is 5.75 Å². The van der Waals surface area contributed by atoms with E-state index in [0.717, 1.165) is 16.5 Å². The fraction of sp³-hybridized carbons (Fsp3) is 0.452. The Morgan fingerprint density at radius 1 is 1.10 bits per heavy atom. The van der Waals surface area contributed by atoms with Gasteiger partial charge >= 0.3 is 6.09 Å². The van der Waals surface area contributed by atoms with Gasteiger partial charge in [0.2, 0.25) is 5.91 Å². The molecule has 3 amide bonds. The second kappa shape index (κ2) is 11.8. The molecule has 0 bridgehead atoms. The molecule has 0 aliphatic carbocycles. The molecule has 0 saturated carbocycles. The van der Waals surface area contributed by atoms with Gasteiger partial charge in [0.1, 0.15) is 17.5 Å². The zero-order valence-electron chi connectivity index (χ0n) is 24.0. The van der Waals surface area contributed by atoms with Gasteiger partial charge in [0, 0.05) is 35.9 Å². The van der Waals surface area contributed by atoms with Crippen molar-refractivity contribution in [3.63, 3.8) is 0 Å². The number of H-pyrrole nitrogens is 1. The zero-order valence-corrected chi connectivity index (χ0v) is 24.0. The summed E-state index contributed by atoms with van der Waals surface area (Å²) in [6.07, 6.45) is 0.634. The van der Waals surface area contributed by atoms with E-state index in [4.69, 9.17) is 14.2 Å². The first-order chi connectivity index (χ1) is 19.6. The maximum atomic E-state index is 13.8. The average Bonchev–Trinajstić information content (AvgIpc) is 3.53. The maximum Gasteiger partial charge on any atom is 0.410 e. The lowest BCUT2D eigenvalue weighted by Gasteiger charge is -2.40. The molecular formula is C31H38N4O6. The molecule has 41 heavy (non-hydrogen) atoms. The normalized spacial score (nSPS) is 20.7. The molecule has 3 atom stereocenters. The van der Waals surface area contributed by atoms with Gasteiger partial charge in [0.15, 0.2) is 0 Å². The number of hydrogen-bond acceptors (Lipinski definition) is 6. The van der Waals surface area contributed by atoms with Crippen molar-refractivity contribution in [2.45, 2.75) is 64.4 Å². The van der Waals surface area contributed by atoms with Crippen LogP contribution in [0.2, 0.25) is 0 Å². The van der Waals surface area contributed by atoms with Gasteiger partial charge in [-0.25, -0.2) is 4.79 Å². The second-order valence-corrected chi connectivity index (χ2v) is 11.5. The van der Waals surface area contributed by atoms with Crippen molar-refractivity contribution >= 4 is 34.5 Å². The summed E-state index contributed by atoms with van der Waals surface area (Å²) in [5.41, 5.74) is 2.10. The molecule has 2 saturated heterocycles. The van der Waals surface area contributed by atoms with Crippen molar-refractivity contribution in [2.24, 2.45) is 0 Å². The molecule has 218 valence electrons. The molecule has 2 N–H and O–H groups in total. The number of hydrogen-bond donors (Lipinski definition) is 2. The van der Waals surface area contributed by atoms with E-state index in [1.54, 1.807) is 34.1 Å². The minimum Gasteiger partial charge on any atom is -0.494 e. The van der Waals surface area contributed by atoms with Crippen molar-refractivity contribution in [1.82, 2.24) is 14.8 Å². The number of nitrogens with zero attached hydrogens (tertiary/aromatic N) is 2. The number of amides is 3. The Labute approximate surface area is 239 Å². The number of rotatable bonds is 8. The Balaban J connectivity index is 1.30. The van der Waals surface area contributed by atoms with Crippen LogP contribution in [0.1, 0.15) is 39.7 Å². The van der Waals surface area contributed by atoms with E-state index in [1.165, 1.54) is 0 Å². The van der Waals surface area contributed by atoms with Crippen LogP contribution in [0.4, 0.5) is 10.5 Å². The molecule has 3 unspecified atom stereocenters. The van der Waals surface area contributed by atoms with Crippen molar-refractivity contribution in [3.05, 3.63) is 60.3 Å². The van der Waals surface area contributed by atoms with Crippen LogP contribution < -0.4 is 10.1 Å². The number of nitrogens with one attached hydrogen (secondary N) is 2. The van der Waals surface area contributed by atoms with Crippen LogP contribution in [0.5, 0.6) is 5.75 Å². The molecule has 5 rings (SSSR count). The number of aromatic nitrogens is 1. The third-order valence-electron chi connectivity index (χ3n) is 7.30. The monoisotopic (exact) mass is 562 g/mol. The van der Waals surface area contributed by atoms with Crippen LogP contribution in [0.25, 0.3) is 10.9 Å². The number of para-hydroxylation sites is 1. The Morgan fingerprint density at radius 3 is 2.59 bits per heavy atom. The van der Waals surface area contributed by atoms with Crippen LogP contribution >= 0.6 is 0 Å². The van der Waals surface area contributed by atoms with Crippen molar-refractivity contribution in [2.75, 3.05) is 31.6 Å². The fourth-order valence-corrected chi connectivity index (χ4v) is 5.46. The zero-order chi connectivity index (χ0) is 29.1. The fourth-order valence-electron chi connectivity index (χ4n) is 5.46. The van der Waals surface area contributed by atoms with Crippen molar-refractivity contribution < 1.29 is 28.6 Å². The first-order valence-electron chi connectivity index (χ1n) is 14.1. The maximum absolute atomic E-state index is 13.8. The summed E-state index contributed by atoms with van der Waals surface area (Å²) in [5, 5.41) is 3.96. The summed E-state index contributed by atoms with van der Waals surface area (Å²) in [5.74, 6) is 0.132. The molecule has 2 aliphatic rings. The van der Waals surface area contributed by atoms with Gasteiger partial charge in [0.25, 0.3) is 5.91 Å². The molecule has 0 radical (unpaired) electrons. The summed E-state index contributed by atoms with van der Waals surface area (Å²) in [6, 6.07) is 14.8. The molecule has 3 aromatic rings. The lowest BCUT2D eigenvalue weighted by atomic mass is 10.0. The molecule has 10 nitrogen and oxygen atoms in total. The number of aromatic amines is 1. The molecule has 2 aromatic carbocycles. The number of morpholine rings is 1. The predicted molar refractivity (Wildman–Crippen MR) is 155 cm³/mol. The number of carbonyl (C=O) groups is 3. The number of likely N-dealkylation sites (tertiary alicyclic amines) is 1. The second-order valence-electron chi connectivity index (χ2n) is 11.5. The Kier molecular flexibility index (Phi) is 8.21. The molecule has 10 heteroatoms. The summed E-state index contributed by atoms with van der Waals surface area (Å²) in [7, 11) is 0. The lowest BCUT2D eigenvalue weighted by Crippen LogP contribution is -2.59. The minimum absolute atomic E-state index is 0.134. The highest BCUT2D eigenvalue weighted by atomic mass is 16.6. The largest absolute Gasteiger partial charge is 0.494 e. The van der Waals surface area contributed by atoms with Gasteiger partial charge in [-0.1, -0.05) is 18.2 Å². The van der Waals surface area contributed by atoms with Gasteiger partial charge in [0.05, 0.1) is 31.7 Å². The number of carbonyl (C=O) groups excluding carboxylic acids is 3. The molecule has 3 heterocycles. The summed E-state index contributed by atoms with van der Waals surface area (Å²) in [4.78, 5) is 46.3. The number of fused-ring (bicyclic) bond motifs is 2. The van der Waals surface area contributed by atoms with Gasteiger partial charge in [-0.3, -0.25) is 9.59 Å². The summed E-state index contributed by atoms with van der Waals surface area (Å²) in [6.45, 7) is 8.95. The third-order valence-corrected chi connectivity index (χ3v) is 7.30. The van der Waals surface area contributed by atoms with E-state index in [2.05, 4.69) is 16.4 Å². The van der Waals surface area contributed by atoms with E-state index in [-0.39, 0.29) is 30.8 Å².